The fraction of sp³-hybridized carbons (Fsp3) is 0.650. The van der Waals surface area contributed by atoms with Crippen molar-refractivity contribution in [3.05, 3.63) is 35.4 Å². The van der Waals surface area contributed by atoms with Crippen LogP contribution in [0.15, 0.2) is 29.3 Å². The van der Waals surface area contributed by atoms with Gasteiger partial charge in [0, 0.05) is 25.2 Å². The maximum absolute atomic E-state index is 6.09. The Kier molecular flexibility index (Phi) is 7.57. The molecule has 3 N–H and O–H groups in total. The Morgan fingerprint density at radius 2 is 1.96 bits per heavy atom. The van der Waals surface area contributed by atoms with E-state index in [1.165, 1.54) is 30.4 Å². The summed E-state index contributed by atoms with van der Waals surface area (Å²) in [7, 11) is 0. The Balaban J connectivity index is 1.99. The highest BCUT2D eigenvalue weighted by molar-refractivity contribution is 5.77. The lowest BCUT2D eigenvalue weighted by Gasteiger charge is -2.37. The van der Waals surface area contributed by atoms with Gasteiger partial charge < -0.3 is 15.8 Å². The average Bonchev–Trinajstić information content (AvgIpc) is 2.61. The van der Waals surface area contributed by atoms with Crippen molar-refractivity contribution in [1.29, 1.82) is 0 Å². The van der Waals surface area contributed by atoms with Crippen molar-refractivity contribution in [1.82, 2.24) is 5.32 Å². The first-order chi connectivity index (χ1) is 11.7. The third kappa shape index (κ3) is 5.23. The molecule has 0 aliphatic carbocycles. The Bertz CT molecular complexity index is 521. The fourth-order valence-electron chi connectivity index (χ4n) is 3.50. The summed E-state index contributed by atoms with van der Waals surface area (Å²) in [4.78, 5) is 4.68. The van der Waals surface area contributed by atoms with Gasteiger partial charge in [-0.1, -0.05) is 50.5 Å². The Labute approximate surface area is 146 Å². The molecule has 0 bridgehead atoms. The first-order valence-electron chi connectivity index (χ1n) is 9.35. The molecule has 0 radical (unpaired) electrons. The van der Waals surface area contributed by atoms with E-state index in [2.05, 4.69) is 48.4 Å². The van der Waals surface area contributed by atoms with Gasteiger partial charge in [-0.2, -0.15) is 0 Å². The summed E-state index contributed by atoms with van der Waals surface area (Å²) in [6, 6.07) is 8.65. The van der Waals surface area contributed by atoms with Crippen LogP contribution in [0, 0.1) is 6.92 Å². The number of benzene rings is 1. The number of nitrogens with zero attached hydrogens (tertiary/aromatic N) is 1. The Morgan fingerprint density at radius 3 is 2.67 bits per heavy atom. The van der Waals surface area contributed by atoms with Crippen molar-refractivity contribution in [2.45, 2.75) is 57.8 Å². The lowest BCUT2D eigenvalue weighted by Crippen LogP contribution is -2.40. The molecule has 4 heteroatoms. The molecule has 1 saturated heterocycles. The lowest BCUT2D eigenvalue weighted by atomic mass is 9.72. The van der Waals surface area contributed by atoms with Gasteiger partial charge in [0.1, 0.15) is 0 Å². The van der Waals surface area contributed by atoms with Crippen LogP contribution in [0.25, 0.3) is 0 Å². The van der Waals surface area contributed by atoms with E-state index < -0.39 is 0 Å². The van der Waals surface area contributed by atoms with Gasteiger partial charge in [0.15, 0.2) is 5.96 Å². The number of nitrogens with one attached hydrogen (secondary N) is 1. The molecule has 1 fully saturated rings. The zero-order valence-electron chi connectivity index (χ0n) is 15.3. The summed E-state index contributed by atoms with van der Waals surface area (Å²) in [5.41, 5.74) is 8.87. The van der Waals surface area contributed by atoms with Crippen LogP contribution in [0.4, 0.5) is 0 Å². The monoisotopic (exact) mass is 331 g/mol. The van der Waals surface area contributed by atoms with E-state index in [0.717, 1.165) is 45.6 Å². The molecule has 134 valence electrons. The van der Waals surface area contributed by atoms with Gasteiger partial charge in [0.05, 0.1) is 6.54 Å². The molecule has 1 aliphatic heterocycles. The van der Waals surface area contributed by atoms with Crippen LogP contribution < -0.4 is 11.1 Å². The quantitative estimate of drug-likeness (QED) is 0.435. The van der Waals surface area contributed by atoms with E-state index in [-0.39, 0.29) is 5.41 Å². The van der Waals surface area contributed by atoms with Gasteiger partial charge in [-0.25, -0.2) is 0 Å². The second kappa shape index (κ2) is 9.67. The second-order valence-electron chi connectivity index (χ2n) is 6.90. The normalized spacial score (nSPS) is 17.7. The molecular formula is C20H33N3O. The van der Waals surface area contributed by atoms with Gasteiger partial charge in [-0.15, -0.1) is 0 Å². The summed E-state index contributed by atoms with van der Waals surface area (Å²) < 4.78 is 5.60. The molecule has 1 aliphatic rings. The number of ether oxygens (including phenoxy) is 1. The van der Waals surface area contributed by atoms with E-state index in [9.17, 15) is 0 Å². The maximum atomic E-state index is 6.09. The number of unbranched alkanes of at least 4 members (excludes halogenated alkanes) is 3. The number of rotatable bonds is 8. The minimum absolute atomic E-state index is 0.0537. The van der Waals surface area contributed by atoms with E-state index in [1.54, 1.807) is 0 Å². The van der Waals surface area contributed by atoms with E-state index in [0.29, 0.717) is 5.96 Å². The number of guanidine groups is 1. The summed E-state index contributed by atoms with van der Waals surface area (Å²) >= 11 is 0. The zero-order chi connectivity index (χ0) is 17.3. The van der Waals surface area contributed by atoms with Crippen LogP contribution in [0.3, 0.4) is 0 Å². The number of aliphatic imine (C=N–C) groups is 1. The number of hydrogen-bond donors (Lipinski definition) is 2. The summed E-state index contributed by atoms with van der Waals surface area (Å²) in [5.74, 6) is 0.575. The van der Waals surface area contributed by atoms with E-state index in [4.69, 9.17) is 10.5 Å². The molecule has 1 aromatic carbocycles. The molecule has 0 saturated carbocycles. The van der Waals surface area contributed by atoms with E-state index >= 15 is 0 Å². The minimum Gasteiger partial charge on any atom is -0.381 e. The predicted molar refractivity (Wildman–Crippen MR) is 102 cm³/mol. The predicted octanol–water partition coefficient (Wildman–Crippen LogP) is 3.53. The molecule has 0 amide bonds. The third-order valence-electron chi connectivity index (χ3n) is 5.05. The molecule has 0 atom stereocenters. The van der Waals surface area contributed by atoms with Gasteiger partial charge in [0.25, 0.3) is 0 Å². The van der Waals surface area contributed by atoms with Gasteiger partial charge >= 0.3 is 0 Å². The molecule has 0 aromatic heterocycles. The van der Waals surface area contributed by atoms with Gasteiger partial charge in [-0.3, -0.25) is 4.99 Å². The highest BCUT2D eigenvalue weighted by Gasteiger charge is 2.35. The first kappa shape index (κ1) is 18.8. The van der Waals surface area contributed by atoms with Crippen molar-refractivity contribution in [2.24, 2.45) is 10.7 Å². The van der Waals surface area contributed by atoms with Crippen molar-refractivity contribution >= 4 is 5.96 Å². The first-order valence-corrected chi connectivity index (χ1v) is 9.35. The Hall–Kier alpha value is -1.55. The molecule has 1 heterocycles. The van der Waals surface area contributed by atoms with Crippen LogP contribution in [0.1, 0.15) is 56.6 Å². The summed E-state index contributed by atoms with van der Waals surface area (Å²) in [5, 5.41) is 3.26. The van der Waals surface area contributed by atoms with Crippen LogP contribution in [-0.4, -0.2) is 32.3 Å². The third-order valence-corrected chi connectivity index (χ3v) is 5.05. The van der Waals surface area contributed by atoms with Crippen molar-refractivity contribution in [3.63, 3.8) is 0 Å². The average molecular weight is 332 g/mol. The fourth-order valence-corrected chi connectivity index (χ4v) is 3.50. The molecule has 24 heavy (non-hydrogen) atoms. The second-order valence-corrected chi connectivity index (χ2v) is 6.90. The largest absolute Gasteiger partial charge is 0.381 e. The topological polar surface area (TPSA) is 59.6 Å². The molecule has 0 spiro atoms. The maximum Gasteiger partial charge on any atom is 0.188 e. The van der Waals surface area contributed by atoms with Crippen LogP contribution >= 0.6 is 0 Å². The SMILES string of the molecule is CCCCCCNC(N)=NCC1(c2ccccc2C)CCOCC1. The van der Waals surface area contributed by atoms with Crippen LogP contribution in [0.5, 0.6) is 0 Å². The van der Waals surface area contributed by atoms with Crippen molar-refractivity contribution in [2.75, 3.05) is 26.3 Å². The number of aryl methyl sites for hydroxylation is 1. The van der Waals surface area contributed by atoms with Crippen LogP contribution in [-0.2, 0) is 10.2 Å². The Morgan fingerprint density at radius 1 is 1.21 bits per heavy atom. The summed E-state index contributed by atoms with van der Waals surface area (Å²) in [6.45, 7) is 7.65. The zero-order valence-corrected chi connectivity index (χ0v) is 15.3. The molecule has 2 rings (SSSR count). The van der Waals surface area contributed by atoms with Crippen molar-refractivity contribution in [3.8, 4) is 0 Å². The molecular weight excluding hydrogens is 298 g/mol. The molecule has 1 aromatic rings. The van der Waals surface area contributed by atoms with Crippen LogP contribution in [0.2, 0.25) is 0 Å². The van der Waals surface area contributed by atoms with E-state index in [1.807, 2.05) is 0 Å². The summed E-state index contributed by atoms with van der Waals surface area (Å²) in [6.07, 6.45) is 6.96. The molecule has 4 nitrogen and oxygen atoms in total. The van der Waals surface area contributed by atoms with Crippen molar-refractivity contribution < 1.29 is 4.74 Å². The highest BCUT2D eigenvalue weighted by atomic mass is 16.5. The smallest absolute Gasteiger partial charge is 0.188 e. The van der Waals surface area contributed by atoms with Gasteiger partial charge in [0.2, 0.25) is 0 Å². The highest BCUT2D eigenvalue weighted by Crippen LogP contribution is 2.36. The minimum atomic E-state index is 0.0537. The number of nitrogens with two attached hydrogens (primary N) is 1. The molecule has 0 unspecified atom stereocenters. The standard InChI is InChI=1S/C20H33N3O/c1-3-4-5-8-13-22-19(21)23-16-20(11-14-24-15-12-20)18-10-7-6-9-17(18)2/h6-7,9-10H,3-5,8,11-16H2,1-2H3,(H3,21,22,23). The lowest BCUT2D eigenvalue weighted by molar-refractivity contribution is 0.0529. The van der Waals surface area contributed by atoms with Gasteiger partial charge in [-0.05, 0) is 37.3 Å². The number of hydrogen-bond acceptors (Lipinski definition) is 2.